The highest BCUT2D eigenvalue weighted by atomic mass is 16.1. The van der Waals surface area contributed by atoms with Crippen LogP contribution in [0.1, 0.15) is 43.7 Å². The zero-order valence-corrected chi connectivity index (χ0v) is 10.1. The van der Waals surface area contributed by atoms with E-state index >= 15 is 0 Å². The van der Waals surface area contributed by atoms with Crippen LogP contribution in [0.15, 0.2) is 30.3 Å². The lowest BCUT2D eigenvalue weighted by Gasteiger charge is -2.13. The number of benzene rings is 1. The van der Waals surface area contributed by atoms with Crippen LogP contribution in [0, 0.1) is 5.92 Å². The molecule has 1 N–H and O–H groups in total. The van der Waals surface area contributed by atoms with Crippen LogP contribution in [-0.4, -0.2) is 11.8 Å². The van der Waals surface area contributed by atoms with E-state index in [1.165, 1.54) is 25.7 Å². The minimum atomic E-state index is -0.0516. The monoisotopic (exact) mass is 229 g/mol. The van der Waals surface area contributed by atoms with Gasteiger partial charge in [0.15, 0.2) is 5.78 Å². The van der Waals surface area contributed by atoms with E-state index in [4.69, 9.17) is 0 Å². The standard InChI is InChI=1S/C15H19NO/c17-15-12-9-5-2-6-10-13(12)16-14(15)11-7-3-1-4-8-11/h1,3-4,7-8,12-14,16H,2,5-6,9-10H2. The Kier molecular flexibility index (Phi) is 2.98. The van der Waals surface area contributed by atoms with E-state index in [1.807, 2.05) is 18.2 Å². The van der Waals surface area contributed by atoms with Gasteiger partial charge in [0.05, 0.1) is 6.04 Å². The van der Waals surface area contributed by atoms with Gasteiger partial charge in [0.1, 0.15) is 0 Å². The molecule has 0 radical (unpaired) electrons. The van der Waals surface area contributed by atoms with Crippen LogP contribution < -0.4 is 5.32 Å². The maximum atomic E-state index is 12.4. The van der Waals surface area contributed by atoms with Gasteiger partial charge in [-0.25, -0.2) is 0 Å². The predicted molar refractivity (Wildman–Crippen MR) is 67.7 cm³/mol. The van der Waals surface area contributed by atoms with Crippen LogP contribution in [0.25, 0.3) is 0 Å². The first-order chi connectivity index (χ1) is 8.36. The van der Waals surface area contributed by atoms with Gasteiger partial charge in [-0.15, -0.1) is 0 Å². The van der Waals surface area contributed by atoms with Crippen molar-refractivity contribution in [2.75, 3.05) is 0 Å². The Labute approximate surface area is 102 Å². The van der Waals surface area contributed by atoms with Crippen LogP contribution in [-0.2, 0) is 4.79 Å². The molecule has 2 aliphatic rings. The van der Waals surface area contributed by atoms with Gasteiger partial charge in [0.2, 0.25) is 0 Å². The molecule has 0 amide bonds. The molecule has 2 nitrogen and oxygen atoms in total. The maximum Gasteiger partial charge on any atom is 0.158 e. The van der Waals surface area contributed by atoms with Crippen molar-refractivity contribution in [2.24, 2.45) is 5.92 Å². The van der Waals surface area contributed by atoms with Crippen molar-refractivity contribution >= 4 is 5.78 Å². The number of nitrogens with one attached hydrogen (secondary N) is 1. The highest BCUT2D eigenvalue weighted by Gasteiger charge is 2.41. The van der Waals surface area contributed by atoms with Gasteiger partial charge in [-0.2, -0.15) is 0 Å². The SMILES string of the molecule is O=C1C(c2ccccc2)NC2CCCCCC12. The Balaban J connectivity index is 1.83. The van der Waals surface area contributed by atoms with Crippen molar-refractivity contribution in [1.82, 2.24) is 5.32 Å². The van der Waals surface area contributed by atoms with Crippen LogP contribution in [0.2, 0.25) is 0 Å². The lowest BCUT2D eigenvalue weighted by atomic mass is 9.91. The average molecular weight is 229 g/mol. The van der Waals surface area contributed by atoms with E-state index in [0.717, 1.165) is 12.0 Å². The van der Waals surface area contributed by atoms with Crippen LogP contribution in [0.3, 0.4) is 0 Å². The molecule has 1 heterocycles. The van der Waals surface area contributed by atoms with E-state index in [1.54, 1.807) is 0 Å². The van der Waals surface area contributed by atoms with Gasteiger partial charge in [0, 0.05) is 12.0 Å². The smallest absolute Gasteiger partial charge is 0.158 e. The van der Waals surface area contributed by atoms with Crippen molar-refractivity contribution in [3.05, 3.63) is 35.9 Å². The molecule has 1 aliphatic carbocycles. The number of hydrogen-bond donors (Lipinski definition) is 1. The Bertz CT molecular complexity index is 401. The average Bonchev–Trinajstić information content (AvgIpc) is 2.56. The first-order valence-electron chi connectivity index (χ1n) is 6.71. The summed E-state index contributed by atoms with van der Waals surface area (Å²) >= 11 is 0. The summed E-state index contributed by atoms with van der Waals surface area (Å²) < 4.78 is 0. The topological polar surface area (TPSA) is 29.1 Å². The third-order valence-corrected chi connectivity index (χ3v) is 4.18. The fourth-order valence-electron chi connectivity index (χ4n) is 3.26. The van der Waals surface area contributed by atoms with Gasteiger partial charge < -0.3 is 5.32 Å². The second kappa shape index (κ2) is 4.61. The zero-order valence-electron chi connectivity index (χ0n) is 10.1. The van der Waals surface area contributed by atoms with Gasteiger partial charge in [-0.05, 0) is 18.4 Å². The number of carbonyl (C=O) groups is 1. The molecule has 1 saturated heterocycles. The third kappa shape index (κ3) is 2.02. The molecular formula is C15H19NO. The summed E-state index contributed by atoms with van der Waals surface area (Å²) in [4.78, 5) is 12.4. The normalized spacial score (nSPS) is 33.2. The molecule has 2 heteroatoms. The summed E-state index contributed by atoms with van der Waals surface area (Å²) in [5.41, 5.74) is 1.13. The van der Waals surface area contributed by atoms with E-state index in [2.05, 4.69) is 17.4 Å². The number of fused-ring (bicyclic) bond motifs is 1. The first kappa shape index (κ1) is 11.0. The summed E-state index contributed by atoms with van der Waals surface area (Å²) in [5.74, 6) is 0.686. The second-order valence-corrected chi connectivity index (χ2v) is 5.26. The highest BCUT2D eigenvalue weighted by molar-refractivity contribution is 5.90. The number of hydrogen-bond acceptors (Lipinski definition) is 2. The van der Waals surface area contributed by atoms with Crippen molar-refractivity contribution in [2.45, 2.75) is 44.2 Å². The van der Waals surface area contributed by atoms with Crippen LogP contribution in [0.5, 0.6) is 0 Å². The zero-order chi connectivity index (χ0) is 11.7. The van der Waals surface area contributed by atoms with Gasteiger partial charge in [-0.3, -0.25) is 4.79 Å². The second-order valence-electron chi connectivity index (χ2n) is 5.26. The third-order valence-electron chi connectivity index (χ3n) is 4.18. The van der Waals surface area contributed by atoms with E-state index in [9.17, 15) is 4.79 Å². The lowest BCUT2D eigenvalue weighted by Crippen LogP contribution is -2.27. The molecule has 1 aliphatic heterocycles. The summed E-state index contributed by atoms with van der Waals surface area (Å²) in [7, 11) is 0. The molecule has 0 bridgehead atoms. The van der Waals surface area contributed by atoms with Gasteiger partial charge >= 0.3 is 0 Å². The lowest BCUT2D eigenvalue weighted by molar-refractivity contribution is -0.122. The molecule has 0 aromatic heterocycles. The van der Waals surface area contributed by atoms with E-state index in [-0.39, 0.29) is 12.0 Å². The van der Waals surface area contributed by atoms with E-state index in [0.29, 0.717) is 11.8 Å². The molecule has 3 atom stereocenters. The molecule has 2 fully saturated rings. The van der Waals surface area contributed by atoms with Crippen LogP contribution >= 0.6 is 0 Å². The number of ketones is 1. The Morgan fingerprint density at radius 2 is 1.76 bits per heavy atom. The minimum Gasteiger partial charge on any atom is -0.300 e. The fraction of sp³-hybridized carbons (Fsp3) is 0.533. The Morgan fingerprint density at radius 3 is 2.59 bits per heavy atom. The van der Waals surface area contributed by atoms with Gasteiger partial charge in [0.25, 0.3) is 0 Å². The minimum absolute atomic E-state index is 0.0516. The highest BCUT2D eigenvalue weighted by Crippen LogP contribution is 2.35. The van der Waals surface area contributed by atoms with Crippen molar-refractivity contribution in [1.29, 1.82) is 0 Å². The van der Waals surface area contributed by atoms with E-state index < -0.39 is 0 Å². The fourth-order valence-corrected chi connectivity index (χ4v) is 3.26. The molecular weight excluding hydrogens is 210 g/mol. The van der Waals surface area contributed by atoms with Crippen molar-refractivity contribution < 1.29 is 4.79 Å². The van der Waals surface area contributed by atoms with Crippen LogP contribution in [0.4, 0.5) is 0 Å². The Morgan fingerprint density at radius 1 is 1.00 bits per heavy atom. The van der Waals surface area contributed by atoms with Crippen molar-refractivity contribution in [3.8, 4) is 0 Å². The molecule has 1 aromatic rings. The maximum absolute atomic E-state index is 12.4. The largest absolute Gasteiger partial charge is 0.300 e. The molecule has 0 spiro atoms. The molecule has 17 heavy (non-hydrogen) atoms. The number of carbonyl (C=O) groups excluding carboxylic acids is 1. The van der Waals surface area contributed by atoms with Crippen molar-refractivity contribution in [3.63, 3.8) is 0 Å². The summed E-state index contributed by atoms with van der Waals surface area (Å²) in [6.07, 6.45) is 6.02. The Hall–Kier alpha value is -1.15. The molecule has 3 unspecified atom stereocenters. The molecule has 90 valence electrons. The van der Waals surface area contributed by atoms with Gasteiger partial charge in [-0.1, -0.05) is 49.6 Å². The predicted octanol–water partition coefficient (Wildman–Crippen LogP) is 2.85. The quantitative estimate of drug-likeness (QED) is 0.802. The molecule has 1 aromatic carbocycles. The summed E-state index contributed by atoms with van der Waals surface area (Å²) in [6, 6.07) is 10.5. The summed E-state index contributed by atoms with van der Waals surface area (Å²) in [5, 5.41) is 3.55. The molecule has 3 rings (SSSR count). The number of Topliss-reactive ketones (excluding diaryl/α,β-unsaturated/α-hetero) is 1. The summed E-state index contributed by atoms with van der Waals surface area (Å²) in [6.45, 7) is 0. The first-order valence-corrected chi connectivity index (χ1v) is 6.71. The number of rotatable bonds is 1. The molecule has 1 saturated carbocycles.